The fourth-order valence-electron chi connectivity index (χ4n) is 2.81. The third kappa shape index (κ3) is 4.30. The summed E-state index contributed by atoms with van der Waals surface area (Å²) in [5, 5.41) is 19.7. The van der Waals surface area contributed by atoms with Gasteiger partial charge in [-0.25, -0.2) is 8.42 Å². The predicted molar refractivity (Wildman–Crippen MR) is 87.1 cm³/mol. The van der Waals surface area contributed by atoms with Crippen LogP contribution in [0.4, 0.5) is 5.69 Å². The molecule has 0 spiro atoms. The van der Waals surface area contributed by atoms with Gasteiger partial charge in [0.05, 0.1) is 16.6 Å². The van der Waals surface area contributed by atoms with Gasteiger partial charge in [-0.05, 0) is 31.7 Å². The molecule has 1 aromatic rings. The Labute approximate surface area is 140 Å². The number of non-ortho nitro benzene ring substituents is 1. The van der Waals surface area contributed by atoms with Crippen LogP contribution in [0.2, 0.25) is 0 Å². The number of hydrogen-bond acceptors (Lipinski definition) is 5. The molecule has 2 atom stereocenters. The number of aliphatic carboxylic acids is 1. The Hall–Kier alpha value is -2.00. The van der Waals surface area contributed by atoms with Gasteiger partial charge in [-0.2, -0.15) is 4.31 Å². The first kappa shape index (κ1) is 18.3. The molecule has 0 aromatic heterocycles. The predicted octanol–water partition coefficient (Wildman–Crippen LogP) is 1.65. The monoisotopic (exact) mass is 356 g/mol. The molecule has 8 nitrogen and oxygen atoms in total. The van der Waals surface area contributed by atoms with Crippen molar-refractivity contribution in [1.82, 2.24) is 4.31 Å². The number of nitro benzene ring substituents is 1. The molecule has 24 heavy (non-hydrogen) atoms. The number of carboxylic acid groups (broad SMARTS) is 1. The highest BCUT2D eigenvalue weighted by atomic mass is 32.2. The molecular weight excluding hydrogens is 336 g/mol. The standard InChI is InChI=1S/C15H20N2O6S/c1-11-2-5-13(15(18)19)10-16(11)24(22,23)9-8-12-3-6-14(7-4-12)17(20)21/h3-4,6-7,11,13H,2,5,8-10H2,1H3,(H,18,19). The van der Waals surface area contributed by atoms with E-state index in [-0.39, 0.29) is 30.4 Å². The van der Waals surface area contributed by atoms with Crippen LogP contribution in [0, 0.1) is 16.0 Å². The summed E-state index contributed by atoms with van der Waals surface area (Å²) in [7, 11) is -3.59. The van der Waals surface area contributed by atoms with Crippen LogP contribution in [0.1, 0.15) is 25.3 Å². The van der Waals surface area contributed by atoms with E-state index in [1.807, 2.05) is 0 Å². The van der Waals surface area contributed by atoms with Gasteiger partial charge in [0, 0.05) is 24.7 Å². The molecule has 2 unspecified atom stereocenters. The van der Waals surface area contributed by atoms with Crippen molar-refractivity contribution >= 4 is 21.7 Å². The van der Waals surface area contributed by atoms with Crippen LogP contribution < -0.4 is 0 Å². The van der Waals surface area contributed by atoms with Crippen molar-refractivity contribution in [3.63, 3.8) is 0 Å². The van der Waals surface area contributed by atoms with Gasteiger partial charge >= 0.3 is 5.97 Å². The number of carboxylic acids is 1. The van der Waals surface area contributed by atoms with Gasteiger partial charge in [0.15, 0.2) is 0 Å². The smallest absolute Gasteiger partial charge is 0.307 e. The zero-order valence-corrected chi connectivity index (χ0v) is 14.1. The molecular formula is C15H20N2O6S. The maximum absolute atomic E-state index is 12.5. The quantitative estimate of drug-likeness (QED) is 0.612. The first-order valence-electron chi connectivity index (χ1n) is 7.66. The summed E-state index contributed by atoms with van der Waals surface area (Å²) in [5.74, 6) is -1.80. The highest BCUT2D eigenvalue weighted by molar-refractivity contribution is 7.89. The molecule has 1 heterocycles. The fraction of sp³-hybridized carbons (Fsp3) is 0.533. The number of nitrogens with zero attached hydrogens (tertiary/aromatic N) is 2. The normalized spacial score (nSPS) is 22.2. The van der Waals surface area contributed by atoms with Crippen molar-refractivity contribution in [2.45, 2.75) is 32.2 Å². The minimum Gasteiger partial charge on any atom is -0.481 e. The maximum Gasteiger partial charge on any atom is 0.307 e. The van der Waals surface area contributed by atoms with Gasteiger partial charge in [0.2, 0.25) is 10.0 Å². The van der Waals surface area contributed by atoms with Gasteiger partial charge < -0.3 is 5.11 Å². The molecule has 0 bridgehead atoms. The van der Waals surface area contributed by atoms with Crippen LogP contribution in [0.5, 0.6) is 0 Å². The summed E-state index contributed by atoms with van der Waals surface area (Å²) in [6.45, 7) is 1.78. The summed E-state index contributed by atoms with van der Waals surface area (Å²) in [5.41, 5.74) is 0.638. The maximum atomic E-state index is 12.5. The van der Waals surface area contributed by atoms with Crippen LogP contribution >= 0.6 is 0 Å². The van der Waals surface area contributed by atoms with Crippen molar-refractivity contribution in [2.24, 2.45) is 5.92 Å². The molecule has 2 rings (SSSR count). The van der Waals surface area contributed by atoms with E-state index in [0.717, 1.165) is 0 Å². The Morgan fingerprint density at radius 3 is 2.50 bits per heavy atom. The van der Waals surface area contributed by atoms with Crippen molar-refractivity contribution in [3.8, 4) is 0 Å². The summed E-state index contributed by atoms with van der Waals surface area (Å²) in [6.07, 6.45) is 1.22. The summed E-state index contributed by atoms with van der Waals surface area (Å²) >= 11 is 0. The molecule has 1 aromatic carbocycles. The van der Waals surface area contributed by atoms with Gasteiger partial charge in [-0.1, -0.05) is 12.1 Å². The molecule has 1 aliphatic rings. The van der Waals surface area contributed by atoms with Crippen LogP contribution in [0.3, 0.4) is 0 Å². The zero-order valence-electron chi connectivity index (χ0n) is 13.3. The lowest BCUT2D eigenvalue weighted by atomic mass is 9.96. The second-order valence-electron chi connectivity index (χ2n) is 6.02. The van der Waals surface area contributed by atoms with Crippen LogP contribution in [-0.4, -0.2) is 47.1 Å². The zero-order chi connectivity index (χ0) is 17.9. The van der Waals surface area contributed by atoms with Crippen molar-refractivity contribution in [1.29, 1.82) is 0 Å². The first-order valence-corrected chi connectivity index (χ1v) is 9.27. The lowest BCUT2D eigenvalue weighted by Crippen LogP contribution is -2.48. The SMILES string of the molecule is CC1CCC(C(=O)O)CN1S(=O)(=O)CCc1ccc([N+](=O)[O-])cc1. The first-order chi connectivity index (χ1) is 11.2. The second-order valence-corrected chi connectivity index (χ2v) is 8.06. The molecule has 1 fully saturated rings. The van der Waals surface area contributed by atoms with E-state index in [9.17, 15) is 23.3 Å². The number of rotatable bonds is 6. The summed E-state index contributed by atoms with van der Waals surface area (Å²) in [6, 6.07) is 5.53. The number of carbonyl (C=O) groups is 1. The van der Waals surface area contributed by atoms with Crippen LogP contribution in [0.15, 0.2) is 24.3 Å². The van der Waals surface area contributed by atoms with Gasteiger partial charge in [0.1, 0.15) is 0 Å². The lowest BCUT2D eigenvalue weighted by molar-refractivity contribution is -0.384. The average Bonchev–Trinajstić information content (AvgIpc) is 2.53. The Morgan fingerprint density at radius 2 is 1.96 bits per heavy atom. The van der Waals surface area contributed by atoms with Gasteiger partial charge in [-0.3, -0.25) is 14.9 Å². The number of piperidine rings is 1. The number of benzene rings is 1. The van der Waals surface area contributed by atoms with E-state index < -0.39 is 26.8 Å². The van der Waals surface area contributed by atoms with Crippen molar-refractivity contribution in [3.05, 3.63) is 39.9 Å². The van der Waals surface area contributed by atoms with E-state index in [1.54, 1.807) is 6.92 Å². The van der Waals surface area contributed by atoms with E-state index in [4.69, 9.17) is 5.11 Å². The average molecular weight is 356 g/mol. The van der Waals surface area contributed by atoms with E-state index in [2.05, 4.69) is 0 Å². The minimum absolute atomic E-state index is 0.000898. The fourth-order valence-corrected chi connectivity index (χ4v) is 4.60. The Kier molecular flexibility index (Phi) is 5.55. The molecule has 0 aliphatic carbocycles. The van der Waals surface area contributed by atoms with Crippen LogP contribution in [-0.2, 0) is 21.2 Å². The molecule has 1 saturated heterocycles. The Balaban J connectivity index is 2.04. The van der Waals surface area contributed by atoms with Crippen molar-refractivity contribution in [2.75, 3.05) is 12.3 Å². The van der Waals surface area contributed by atoms with E-state index in [1.165, 1.54) is 28.6 Å². The third-order valence-electron chi connectivity index (χ3n) is 4.33. The molecule has 0 saturated carbocycles. The third-order valence-corrected chi connectivity index (χ3v) is 6.27. The highest BCUT2D eigenvalue weighted by Crippen LogP contribution is 2.25. The summed E-state index contributed by atoms with van der Waals surface area (Å²) < 4.78 is 26.4. The molecule has 1 N–H and O–H groups in total. The number of sulfonamides is 1. The van der Waals surface area contributed by atoms with Crippen LogP contribution in [0.25, 0.3) is 0 Å². The highest BCUT2D eigenvalue weighted by Gasteiger charge is 2.36. The number of nitro groups is 1. The minimum atomic E-state index is -3.59. The molecule has 0 radical (unpaired) electrons. The summed E-state index contributed by atoms with van der Waals surface area (Å²) in [4.78, 5) is 21.2. The number of hydrogen-bond donors (Lipinski definition) is 1. The molecule has 0 amide bonds. The Morgan fingerprint density at radius 1 is 1.33 bits per heavy atom. The topological polar surface area (TPSA) is 118 Å². The van der Waals surface area contributed by atoms with Crippen molar-refractivity contribution < 1.29 is 23.2 Å². The molecule has 132 valence electrons. The largest absolute Gasteiger partial charge is 0.481 e. The van der Waals surface area contributed by atoms with E-state index >= 15 is 0 Å². The molecule has 1 aliphatic heterocycles. The van der Waals surface area contributed by atoms with Gasteiger partial charge in [-0.15, -0.1) is 0 Å². The van der Waals surface area contributed by atoms with Gasteiger partial charge in [0.25, 0.3) is 5.69 Å². The molecule has 9 heteroatoms. The number of aryl methyl sites for hydroxylation is 1. The van der Waals surface area contributed by atoms with E-state index in [0.29, 0.717) is 18.4 Å². The second kappa shape index (κ2) is 7.27. The Bertz CT molecular complexity index is 716. The lowest BCUT2D eigenvalue weighted by Gasteiger charge is -2.35.